The number of rotatable bonds is 4. The maximum atomic E-state index is 11.2. The molecule has 10 atom stereocenters. The Morgan fingerprint density at radius 3 is 2.39 bits per heavy atom. The van der Waals surface area contributed by atoms with Crippen molar-refractivity contribution in [1.29, 1.82) is 0 Å². The van der Waals surface area contributed by atoms with Gasteiger partial charge in [-0.3, -0.25) is 4.79 Å². The van der Waals surface area contributed by atoms with Crippen molar-refractivity contribution in [2.24, 2.45) is 46.3 Å². The maximum Gasteiger partial charge on any atom is 0.303 e. The molecular formula is C24H40O4. The fourth-order valence-electron chi connectivity index (χ4n) is 8.73. The molecule has 0 aromatic heterocycles. The third-order valence-corrected chi connectivity index (χ3v) is 10.2. The van der Waals surface area contributed by atoms with Crippen molar-refractivity contribution in [1.82, 2.24) is 0 Å². The van der Waals surface area contributed by atoms with E-state index in [0.29, 0.717) is 35.5 Å². The van der Waals surface area contributed by atoms with E-state index in [1.54, 1.807) is 0 Å². The van der Waals surface area contributed by atoms with E-state index in [9.17, 15) is 15.0 Å². The van der Waals surface area contributed by atoms with Gasteiger partial charge in [0.2, 0.25) is 0 Å². The Balaban J connectivity index is 1.55. The first-order valence-corrected chi connectivity index (χ1v) is 11.7. The third-order valence-electron chi connectivity index (χ3n) is 10.2. The van der Waals surface area contributed by atoms with E-state index in [1.165, 1.54) is 25.7 Å². The van der Waals surface area contributed by atoms with Crippen LogP contribution in [0.5, 0.6) is 0 Å². The zero-order chi connectivity index (χ0) is 20.3. The molecule has 0 aromatic carbocycles. The molecule has 160 valence electrons. The summed E-state index contributed by atoms with van der Waals surface area (Å²) in [6.07, 6.45) is 9.19. The number of carboxylic acids is 1. The molecule has 4 heteroatoms. The van der Waals surface area contributed by atoms with Crippen LogP contribution in [-0.2, 0) is 4.79 Å². The van der Waals surface area contributed by atoms with Gasteiger partial charge in [0.1, 0.15) is 0 Å². The Labute approximate surface area is 170 Å². The minimum Gasteiger partial charge on any atom is -0.481 e. The van der Waals surface area contributed by atoms with Crippen molar-refractivity contribution >= 4 is 5.97 Å². The van der Waals surface area contributed by atoms with Gasteiger partial charge in [0.15, 0.2) is 0 Å². The van der Waals surface area contributed by atoms with Gasteiger partial charge < -0.3 is 15.3 Å². The number of aliphatic hydroxyl groups excluding tert-OH is 2. The molecule has 0 radical (unpaired) electrons. The first-order valence-electron chi connectivity index (χ1n) is 11.7. The van der Waals surface area contributed by atoms with Crippen LogP contribution in [0, 0.1) is 46.3 Å². The van der Waals surface area contributed by atoms with E-state index in [0.717, 1.165) is 32.1 Å². The molecule has 4 fully saturated rings. The van der Waals surface area contributed by atoms with Crippen LogP contribution in [0.25, 0.3) is 0 Å². The second kappa shape index (κ2) is 7.27. The predicted octanol–water partition coefficient (Wildman–Crippen LogP) is 4.48. The normalized spacial score (nSPS) is 51.7. The van der Waals surface area contributed by atoms with Gasteiger partial charge in [0.25, 0.3) is 0 Å². The number of hydrogen-bond donors (Lipinski definition) is 3. The summed E-state index contributed by atoms with van der Waals surface area (Å²) >= 11 is 0. The van der Waals surface area contributed by atoms with Crippen LogP contribution in [-0.4, -0.2) is 33.5 Å². The average molecular weight is 394 g/mol. The minimum absolute atomic E-state index is 0.179. The standard InChI is InChI=1S/C24H40O4/c1-14(4-7-21(27)28)17-5-6-18-22-19(9-11-24(17,18)3)23(2)10-8-16(25)12-15(23)13-20(22)26/h14-20,22,25-26H,4-13H2,1-3H3,(H,27,28)/t14-,15+,16-,17-,18?,19+,20+,22+,23+,24-/m1/s1/i21+1. The molecule has 4 saturated carbocycles. The molecule has 0 saturated heterocycles. The van der Waals surface area contributed by atoms with Gasteiger partial charge in [-0.15, -0.1) is 0 Å². The van der Waals surface area contributed by atoms with Crippen molar-refractivity contribution in [3.05, 3.63) is 0 Å². The maximum absolute atomic E-state index is 11.2. The Morgan fingerprint density at radius 2 is 1.68 bits per heavy atom. The summed E-state index contributed by atoms with van der Waals surface area (Å²) in [5.41, 5.74) is 0.523. The van der Waals surface area contributed by atoms with E-state index in [-0.39, 0.29) is 29.5 Å². The molecule has 0 bridgehead atoms. The summed E-state index contributed by atoms with van der Waals surface area (Å²) in [7, 11) is 0. The number of fused-ring (bicyclic) bond motifs is 5. The SMILES string of the molecule is C[C@H](CC[13C](=O)O)[C@H]1CCC2[C@@H]3[C@@H](O)C[C@@H]4C[C@H](O)CC[C@]4(C)[C@H]3CC[C@@]21C. The Hall–Kier alpha value is -0.610. The van der Waals surface area contributed by atoms with Gasteiger partial charge >= 0.3 is 5.97 Å². The summed E-state index contributed by atoms with van der Waals surface area (Å²) < 4.78 is 0. The van der Waals surface area contributed by atoms with E-state index in [1.807, 2.05) is 0 Å². The zero-order valence-corrected chi connectivity index (χ0v) is 17.9. The predicted molar refractivity (Wildman–Crippen MR) is 109 cm³/mol. The van der Waals surface area contributed by atoms with E-state index in [4.69, 9.17) is 5.11 Å². The molecule has 4 nitrogen and oxygen atoms in total. The molecule has 0 aliphatic heterocycles. The van der Waals surface area contributed by atoms with Crippen molar-refractivity contribution in [3.8, 4) is 0 Å². The number of carboxylic acid groups (broad SMARTS) is 1. The molecule has 0 spiro atoms. The number of carbonyl (C=O) groups is 1. The summed E-state index contributed by atoms with van der Waals surface area (Å²) in [4.78, 5) is 11.1. The van der Waals surface area contributed by atoms with Crippen LogP contribution in [0.4, 0.5) is 0 Å². The monoisotopic (exact) mass is 393 g/mol. The highest BCUT2D eigenvalue weighted by molar-refractivity contribution is 5.66. The quantitative estimate of drug-likeness (QED) is 0.616. The highest BCUT2D eigenvalue weighted by Gasteiger charge is 2.62. The summed E-state index contributed by atoms with van der Waals surface area (Å²) in [5.74, 6) is 2.36. The van der Waals surface area contributed by atoms with Gasteiger partial charge in [-0.1, -0.05) is 20.8 Å². The number of aliphatic hydroxyl groups is 2. The van der Waals surface area contributed by atoms with Crippen LogP contribution in [0.15, 0.2) is 0 Å². The van der Waals surface area contributed by atoms with Gasteiger partial charge in [-0.05, 0) is 104 Å². The highest BCUT2D eigenvalue weighted by Crippen LogP contribution is 2.68. The molecule has 1 unspecified atom stereocenters. The van der Waals surface area contributed by atoms with Crippen molar-refractivity contribution in [2.45, 2.75) is 97.2 Å². The second-order valence-corrected chi connectivity index (χ2v) is 11.4. The Kier molecular flexibility index (Phi) is 5.36. The minimum atomic E-state index is -0.684. The van der Waals surface area contributed by atoms with Crippen molar-refractivity contribution in [2.75, 3.05) is 0 Å². The fourth-order valence-corrected chi connectivity index (χ4v) is 8.73. The lowest BCUT2D eigenvalue weighted by Crippen LogP contribution is -2.58. The number of aliphatic carboxylic acids is 1. The largest absolute Gasteiger partial charge is 0.481 e. The third kappa shape index (κ3) is 3.14. The van der Waals surface area contributed by atoms with Crippen LogP contribution in [0.3, 0.4) is 0 Å². The molecule has 0 amide bonds. The van der Waals surface area contributed by atoms with Crippen molar-refractivity contribution < 1.29 is 20.1 Å². The lowest BCUT2D eigenvalue weighted by Gasteiger charge is -2.62. The van der Waals surface area contributed by atoms with E-state index >= 15 is 0 Å². The molecule has 4 aliphatic carbocycles. The fraction of sp³-hybridized carbons (Fsp3) is 0.958. The summed E-state index contributed by atoms with van der Waals surface area (Å²) in [6, 6.07) is 0. The number of hydrogen-bond acceptors (Lipinski definition) is 3. The zero-order valence-electron chi connectivity index (χ0n) is 17.9. The Bertz CT molecular complexity index is 605. The average Bonchev–Trinajstić information content (AvgIpc) is 2.98. The van der Waals surface area contributed by atoms with E-state index < -0.39 is 5.97 Å². The van der Waals surface area contributed by atoms with Gasteiger partial charge in [0, 0.05) is 6.42 Å². The molecular weight excluding hydrogens is 353 g/mol. The van der Waals surface area contributed by atoms with E-state index in [2.05, 4.69) is 20.8 Å². The van der Waals surface area contributed by atoms with Crippen LogP contribution < -0.4 is 0 Å². The van der Waals surface area contributed by atoms with Gasteiger partial charge in [-0.2, -0.15) is 0 Å². The van der Waals surface area contributed by atoms with Crippen LogP contribution in [0.1, 0.15) is 85.0 Å². The topological polar surface area (TPSA) is 77.8 Å². The lowest BCUT2D eigenvalue weighted by molar-refractivity contribution is -0.174. The Morgan fingerprint density at radius 1 is 1.00 bits per heavy atom. The molecule has 4 rings (SSSR count). The summed E-state index contributed by atoms with van der Waals surface area (Å²) in [6.45, 7) is 7.16. The van der Waals surface area contributed by atoms with Gasteiger partial charge in [0.05, 0.1) is 12.2 Å². The lowest BCUT2D eigenvalue weighted by atomic mass is 9.43. The molecule has 0 heterocycles. The first-order chi connectivity index (χ1) is 13.2. The van der Waals surface area contributed by atoms with Crippen LogP contribution in [0.2, 0.25) is 0 Å². The smallest absolute Gasteiger partial charge is 0.303 e. The molecule has 0 aromatic rings. The van der Waals surface area contributed by atoms with Crippen molar-refractivity contribution in [3.63, 3.8) is 0 Å². The molecule has 4 aliphatic rings. The second-order valence-electron chi connectivity index (χ2n) is 11.4. The highest BCUT2D eigenvalue weighted by atomic mass is 16.5. The first kappa shape index (κ1) is 20.7. The van der Waals surface area contributed by atoms with Crippen LogP contribution >= 0.6 is 0 Å². The van der Waals surface area contributed by atoms with Gasteiger partial charge in [-0.25, -0.2) is 0 Å². The molecule has 3 N–H and O–H groups in total. The summed E-state index contributed by atoms with van der Waals surface area (Å²) in [5, 5.41) is 30.5. The molecule has 28 heavy (non-hydrogen) atoms.